The van der Waals surface area contributed by atoms with E-state index in [-0.39, 0.29) is 5.91 Å². The summed E-state index contributed by atoms with van der Waals surface area (Å²) >= 11 is 0. The lowest BCUT2D eigenvalue weighted by Crippen LogP contribution is -2.26. The molecule has 0 radical (unpaired) electrons. The van der Waals surface area contributed by atoms with E-state index in [9.17, 15) is 4.79 Å². The molecule has 0 aromatic heterocycles. The van der Waals surface area contributed by atoms with Crippen molar-refractivity contribution in [3.05, 3.63) is 59.7 Å². The average Bonchev–Trinajstić information content (AvgIpc) is 2.48. The zero-order valence-corrected chi connectivity index (χ0v) is 12.0. The van der Waals surface area contributed by atoms with Crippen molar-refractivity contribution >= 4 is 17.3 Å². The first-order valence-corrected chi connectivity index (χ1v) is 6.84. The summed E-state index contributed by atoms with van der Waals surface area (Å²) in [5.41, 5.74) is 9.12. The number of nitrogen functional groups attached to an aromatic ring is 1. The van der Waals surface area contributed by atoms with Crippen LogP contribution in [0.25, 0.3) is 0 Å². The molecular formula is C17H20N2O. The fraction of sp³-hybridized carbons (Fsp3) is 0.235. The summed E-state index contributed by atoms with van der Waals surface area (Å²) in [4.78, 5) is 14.0. The quantitative estimate of drug-likeness (QED) is 0.863. The second-order valence-corrected chi connectivity index (χ2v) is 4.90. The number of aryl methyl sites for hydroxylation is 1. The number of hydrogen-bond acceptors (Lipinski definition) is 2. The number of hydrogen-bond donors (Lipinski definition) is 1. The van der Waals surface area contributed by atoms with Gasteiger partial charge in [-0.15, -0.1) is 0 Å². The summed E-state index contributed by atoms with van der Waals surface area (Å²) in [6, 6.07) is 15.1. The van der Waals surface area contributed by atoms with Gasteiger partial charge in [-0.1, -0.05) is 25.5 Å². The van der Waals surface area contributed by atoms with Crippen molar-refractivity contribution in [1.82, 2.24) is 0 Å². The van der Waals surface area contributed by atoms with Gasteiger partial charge in [-0.25, -0.2) is 0 Å². The molecule has 3 heteroatoms. The molecule has 0 saturated heterocycles. The Morgan fingerprint density at radius 1 is 1.05 bits per heavy atom. The third-order valence-corrected chi connectivity index (χ3v) is 3.32. The van der Waals surface area contributed by atoms with E-state index in [1.807, 2.05) is 12.1 Å². The average molecular weight is 268 g/mol. The molecule has 0 spiro atoms. The van der Waals surface area contributed by atoms with Crippen molar-refractivity contribution in [3.63, 3.8) is 0 Å². The Hall–Kier alpha value is -2.29. The van der Waals surface area contributed by atoms with E-state index in [0.717, 1.165) is 18.5 Å². The van der Waals surface area contributed by atoms with E-state index in [4.69, 9.17) is 5.73 Å². The first-order chi connectivity index (χ1) is 9.61. The van der Waals surface area contributed by atoms with Crippen LogP contribution in [0.15, 0.2) is 48.5 Å². The van der Waals surface area contributed by atoms with Crippen molar-refractivity contribution in [2.75, 3.05) is 17.7 Å². The maximum absolute atomic E-state index is 12.4. The van der Waals surface area contributed by atoms with Gasteiger partial charge in [0, 0.05) is 24.0 Å². The Morgan fingerprint density at radius 3 is 2.20 bits per heavy atom. The largest absolute Gasteiger partial charge is 0.399 e. The minimum absolute atomic E-state index is 0.0340. The first kappa shape index (κ1) is 14.1. The number of rotatable bonds is 4. The fourth-order valence-electron chi connectivity index (χ4n) is 2.11. The summed E-state index contributed by atoms with van der Waals surface area (Å²) in [5.74, 6) is -0.0340. The Labute approximate surface area is 120 Å². The van der Waals surface area contributed by atoms with Crippen LogP contribution in [-0.4, -0.2) is 13.0 Å². The van der Waals surface area contributed by atoms with Gasteiger partial charge >= 0.3 is 0 Å². The monoisotopic (exact) mass is 268 g/mol. The van der Waals surface area contributed by atoms with Crippen LogP contribution in [0.2, 0.25) is 0 Å². The van der Waals surface area contributed by atoms with Gasteiger partial charge in [-0.2, -0.15) is 0 Å². The van der Waals surface area contributed by atoms with Gasteiger partial charge in [0.05, 0.1) is 0 Å². The van der Waals surface area contributed by atoms with Crippen molar-refractivity contribution in [2.24, 2.45) is 0 Å². The number of nitrogens with zero attached hydrogens (tertiary/aromatic N) is 1. The number of anilines is 2. The van der Waals surface area contributed by atoms with Crippen LogP contribution in [0.5, 0.6) is 0 Å². The van der Waals surface area contributed by atoms with Gasteiger partial charge in [0.2, 0.25) is 0 Å². The van der Waals surface area contributed by atoms with Crippen LogP contribution < -0.4 is 10.6 Å². The maximum atomic E-state index is 12.4. The number of nitrogens with two attached hydrogens (primary N) is 1. The van der Waals surface area contributed by atoms with Gasteiger partial charge in [-0.3, -0.25) is 4.79 Å². The highest BCUT2D eigenvalue weighted by Crippen LogP contribution is 2.18. The SMILES string of the molecule is CCCc1ccc(N(C)C(=O)c2ccc(N)cc2)cc1. The van der Waals surface area contributed by atoms with Crippen LogP contribution in [0.1, 0.15) is 29.3 Å². The highest BCUT2D eigenvalue weighted by molar-refractivity contribution is 6.05. The standard InChI is InChI=1S/C17H20N2O/c1-3-4-13-5-11-16(12-6-13)19(2)17(20)14-7-9-15(18)10-8-14/h5-12H,3-4,18H2,1-2H3. The molecule has 0 bridgehead atoms. The van der Waals surface area contributed by atoms with Crippen molar-refractivity contribution < 1.29 is 4.79 Å². The third-order valence-electron chi connectivity index (χ3n) is 3.32. The molecule has 0 fully saturated rings. The molecule has 0 atom stereocenters. The topological polar surface area (TPSA) is 46.3 Å². The first-order valence-electron chi connectivity index (χ1n) is 6.84. The highest BCUT2D eigenvalue weighted by Gasteiger charge is 2.13. The zero-order chi connectivity index (χ0) is 14.5. The molecule has 2 rings (SSSR count). The van der Waals surface area contributed by atoms with E-state index in [1.165, 1.54) is 5.56 Å². The molecule has 2 aromatic rings. The summed E-state index contributed by atoms with van der Waals surface area (Å²) < 4.78 is 0. The number of amides is 1. The zero-order valence-electron chi connectivity index (χ0n) is 12.0. The van der Waals surface area contributed by atoms with Crippen LogP contribution in [0, 0.1) is 0 Å². The highest BCUT2D eigenvalue weighted by atomic mass is 16.2. The summed E-state index contributed by atoms with van der Waals surface area (Å²) in [6.07, 6.45) is 2.19. The predicted octanol–water partition coefficient (Wildman–Crippen LogP) is 3.50. The van der Waals surface area contributed by atoms with Gasteiger partial charge in [0.1, 0.15) is 0 Å². The van der Waals surface area contributed by atoms with Crippen LogP contribution in [0.3, 0.4) is 0 Å². The van der Waals surface area contributed by atoms with Crippen LogP contribution in [-0.2, 0) is 6.42 Å². The minimum atomic E-state index is -0.0340. The van der Waals surface area contributed by atoms with E-state index < -0.39 is 0 Å². The summed E-state index contributed by atoms with van der Waals surface area (Å²) in [7, 11) is 1.79. The molecule has 2 aromatic carbocycles. The third kappa shape index (κ3) is 3.18. The molecule has 0 aliphatic rings. The minimum Gasteiger partial charge on any atom is -0.399 e. The molecule has 1 amide bonds. The molecule has 0 aliphatic carbocycles. The molecule has 0 aliphatic heterocycles. The molecule has 0 unspecified atom stereocenters. The summed E-state index contributed by atoms with van der Waals surface area (Å²) in [5, 5.41) is 0. The molecule has 2 N–H and O–H groups in total. The predicted molar refractivity (Wildman–Crippen MR) is 84.0 cm³/mol. The van der Waals surface area contributed by atoms with Crippen LogP contribution in [0.4, 0.5) is 11.4 Å². The number of carbonyl (C=O) groups is 1. The molecular weight excluding hydrogens is 248 g/mol. The lowest BCUT2D eigenvalue weighted by molar-refractivity contribution is 0.0993. The smallest absolute Gasteiger partial charge is 0.258 e. The van der Waals surface area contributed by atoms with Gasteiger partial charge in [0.15, 0.2) is 0 Å². The maximum Gasteiger partial charge on any atom is 0.258 e. The second-order valence-electron chi connectivity index (χ2n) is 4.90. The Morgan fingerprint density at radius 2 is 1.65 bits per heavy atom. The van der Waals surface area contributed by atoms with E-state index in [2.05, 4.69) is 19.1 Å². The molecule has 20 heavy (non-hydrogen) atoms. The lowest BCUT2D eigenvalue weighted by Gasteiger charge is -2.18. The van der Waals surface area contributed by atoms with Gasteiger partial charge < -0.3 is 10.6 Å². The van der Waals surface area contributed by atoms with Crippen molar-refractivity contribution in [3.8, 4) is 0 Å². The van der Waals surface area contributed by atoms with Crippen molar-refractivity contribution in [2.45, 2.75) is 19.8 Å². The second kappa shape index (κ2) is 6.24. The fourth-order valence-corrected chi connectivity index (χ4v) is 2.11. The number of benzene rings is 2. The Kier molecular flexibility index (Phi) is 4.41. The van der Waals surface area contributed by atoms with Crippen molar-refractivity contribution in [1.29, 1.82) is 0 Å². The van der Waals surface area contributed by atoms with Gasteiger partial charge in [-0.05, 0) is 48.4 Å². The summed E-state index contributed by atoms with van der Waals surface area (Å²) in [6.45, 7) is 2.16. The van der Waals surface area contributed by atoms with E-state index in [0.29, 0.717) is 11.3 Å². The Bertz CT molecular complexity index is 573. The molecule has 0 saturated carbocycles. The number of carbonyl (C=O) groups excluding carboxylic acids is 1. The molecule has 0 heterocycles. The van der Waals surface area contributed by atoms with E-state index in [1.54, 1.807) is 36.2 Å². The Balaban J connectivity index is 2.15. The van der Waals surface area contributed by atoms with Crippen LogP contribution >= 0.6 is 0 Å². The molecule has 104 valence electrons. The van der Waals surface area contributed by atoms with E-state index >= 15 is 0 Å². The lowest BCUT2D eigenvalue weighted by atomic mass is 10.1. The normalized spacial score (nSPS) is 10.3. The van der Waals surface area contributed by atoms with Gasteiger partial charge in [0.25, 0.3) is 5.91 Å². The molecule has 3 nitrogen and oxygen atoms in total.